The van der Waals surface area contributed by atoms with Gasteiger partial charge >= 0.3 is 6.18 Å². The van der Waals surface area contributed by atoms with E-state index in [2.05, 4.69) is 0 Å². The molecule has 0 amide bonds. The topological polar surface area (TPSA) is 26.0 Å². The summed E-state index contributed by atoms with van der Waals surface area (Å²) in [6, 6.07) is 4.22. The fourth-order valence-corrected chi connectivity index (χ4v) is 1.51. The van der Waals surface area contributed by atoms with E-state index in [-0.39, 0.29) is 12.2 Å². The van der Waals surface area contributed by atoms with Gasteiger partial charge in [-0.2, -0.15) is 13.2 Å². The molecule has 1 atom stereocenters. The Bertz CT molecular complexity index is 331. The molecule has 1 rings (SSSR count). The Kier molecular flexibility index (Phi) is 4.93. The molecule has 0 heterocycles. The second-order valence-corrected chi connectivity index (χ2v) is 4.02. The van der Waals surface area contributed by atoms with Gasteiger partial charge in [-0.05, 0) is 37.0 Å². The predicted octanol–water partition coefficient (Wildman–Crippen LogP) is 3.43. The molecule has 0 bridgehead atoms. The van der Waals surface area contributed by atoms with Crippen LogP contribution in [0, 0.1) is 5.82 Å². The molecule has 0 aliphatic carbocycles. The van der Waals surface area contributed by atoms with Crippen molar-refractivity contribution in [3.63, 3.8) is 0 Å². The molecule has 0 aliphatic rings. The van der Waals surface area contributed by atoms with Gasteiger partial charge in [0.2, 0.25) is 0 Å². The maximum absolute atomic E-state index is 12.6. The number of hydrogen-bond acceptors (Lipinski definition) is 1. The van der Waals surface area contributed by atoms with Crippen LogP contribution in [0.15, 0.2) is 24.3 Å². The number of hydrogen-bond donors (Lipinski definition) is 1. The molecule has 0 radical (unpaired) electrons. The lowest BCUT2D eigenvalue weighted by atomic mass is 10.0. The van der Waals surface area contributed by atoms with Gasteiger partial charge < -0.3 is 5.73 Å². The zero-order valence-electron chi connectivity index (χ0n) is 9.30. The van der Waals surface area contributed by atoms with Gasteiger partial charge in [0.15, 0.2) is 0 Å². The van der Waals surface area contributed by atoms with Crippen molar-refractivity contribution in [2.24, 2.45) is 5.73 Å². The summed E-state index contributed by atoms with van der Waals surface area (Å²) in [6.45, 7) is 0. The zero-order valence-corrected chi connectivity index (χ0v) is 9.30. The van der Waals surface area contributed by atoms with Crippen LogP contribution in [0.3, 0.4) is 0 Å². The summed E-state index contributed by atoms with van der Waals surface area (Å²) in [5, 5.41) is 0. The van der Waals surface area contributed by atoms with Gasteiger partial charge in [-0.15, -0.1) is 0 Å². The third kappa shape index (κ3) is 5.17. The molecular formula is C12H15F4N. The Hall–Kier alpha value is -1.10. The minimum atomic E-state index is -4.31. The van der Waals surface area contributed by atoms with E-state index in [4.69, 9.17) is 5.73 Å². The molecule has 0 aromatic heterocycles. The van der Waals surface area contributed by atoms with Gasteiger partial charge in [0, 0.05) is 0 Å². The van der Waals surface area contributed by atoms with Gasteiger partial charge in [-0.1, -0.05) is 18.6 Å². The van der Waals surface area contributed by atoms with Gasteiger partial charge in [-0.25, -0.2) is 4.39 Å². The Balaban J connectivity index is 2.23. The van der Waals surface area contributed by atoms with Crippen molar-refractivity contribution in [2.75, 3.05) is 0 Å². The Morgan fingerprint density at radius 3 is 2.18 bits per heavy atom. The average molecular weight is 249 g/mol. The number of halogens is 4. The summed E-state index contributed by atoms with van der Waals surface area (Å²) in [5.41, 5.74) is 5.90. The van der Waals surface area contributed by atoms with Gasteiger partial charge in [0.1, 0.15) is 11.9 Å². The molecule has 0 saturated heterocycles. The maximum atomic E-state index is 12.6. The number of benzene rings is 1. The highest BCUT2D eigenvalue weighted by molar-refractivity contribution is 5.15. The summed E-state index contributed by atoms with van der Waals surface area (Å²) in [7, 11) is 0. The van der Waals surface area contributed by atoms with Crippen molar-refractivity contribution < 1.29 is 17.6 Å². The highest BCUT2D eigenvalue weighted by Gasteiger charge is 2.35. The molecule has 1 nitrogen and oxygen atoms in total. The zero-order chi connectivity index (χ0) is 12.9. The monoisotopic (exact) mass is 249 g/mol. The first-order valence-corrected chi connectivity index (χ1v) is 5.46. The number of rotatable bonds is 5. The van der Waals surface area contributed by atoms with E-state index in [0.29, 0.717) is 19.3 Å². The lowest BCUT2D eigenvalue weighted by molar-refractivity contribution is -0.149. The average Bonchev–Trinajstić information content (AvgIpc) is 2.25. The van der Waals surface area contributed by atoms with Crippen molar-refractivity contribution in [3.05, 3.63) is 35.6 Å². The molecule has 0 fully saturated rings. The van der Waals surface area contributed by atoms with Crippen molar-refractivity contribution >= 4 is 0 Å². The Morgan fingerprint density at radius 1 is 1.06 bits per heavy atom. The normalized spacial score (nSPS) is 13.7. The van der Waals surface area contributed by atoms with Crippen LogP contribution in [0.25, 0.3) is 0 Å². The van der Waals surface area contributed by atoms with Crippen LogP contribution in [-0.4, -0.2) is 12.2 Å². The largest absolute Gasteiger partial charge is 0.403 e. The van der Waals surface area contributed by atoms with Crippen LogP contribution >= 0.6 is 0 Å². The van der Waals surface area contributed by atoms with Gasteiger partial charge in [0.25, 0.3) is 0 Å². The minimum absolute atomic E-state index is 0.0648. The smallest absolute Gasteiger partial charge is 0.320 e. The Morgan fingerprint density at radius 2 is 1.65 bits per heavy atom. The molecule has 1 unspecified atom stereocenters. The summed E-state index contributed by atoms with van der Waals surface area (Å²) in [5.74, 6) is -0.312. The number of unbranched alkanes of at least 4 members (excludes halogenated alkanes) is 1. The van der Waals surface area contributed by atoms with Crippen molar-refractivity contribution in [1.29, 1.82) is 0 Å². The molecular weight excluding hydrogens is 234 g/mol. The lowest BCUT2D eigenvalue weighted by Crippen LogP contribution is -2.37. The van der Waals surface area contributed by atoms with Crippen LogP contribution in [0.5, 0.6) is 0 Å². The highest BCUT2D eigenvalue weighted by Crippen LogP contribution is 2.22. The third-order valence-electron chi connectivity index (χ3n) is 2.56. The van der Waals surface area contributed by atoms with Crippen LogP contribution in [0.2, 0.25) is 0 Å². The van der Waals surface area contributed by atoms with E-state index in [9.17, 15) is 17.6 Å². The molecule has 1 aromatic rings. The first-order chi connectivity index (χ1) is 7.89. The number of aryl methyl sites for hydroxylation is 1. The highest BCUT2D eigenvalue weighted by atomic mass is 19.4. The van der Waals surface area contributed by atoms with E-state index in [1.807, 2.05) is 0 Å². The second-order valence-electron chi connectivity index (χ2n) is 4.02. The molecule has 0 spiro atoms. The number of nitrogens with two attached hydrogens (primary N) is 1. The third-order valence-corrected chi connectivity index (χ3v) is 2.56. The predicted molar refractivity (Wildman–Crippen MR) is 58.0 cm³/mol. The van der Waals surface area contributed by atoms with Crippen molar-refractivity contribution in [3.8, 4) is 0 Å². The Labute approximate surface area is 97.6 Å². The molecule has 2 N–H and O–H groups in total. The first kappa shape index (κ1) is 14.0. The van der Waals surface area contributed by atoms with E-state index < -0.39 is 12.2 Å². The van der Waals surface area contributed by atoms with E-state index >= 15 is 0 Å². The molecule has 1 aromatic carbocycles. The number of alkyl halides is 3. The van der Waals surface area contributed by atoms with E-state index in [1.165, 1.54) is 12.1 Å². The van der Waals surface area contributed by atoms with E-state index in [0.717, 1.165) is 5.56 Å². The van der Waals surface area contributed by atoms with Crippen LogP contribution in [0.1, 0.15) is 24.8 Å². The fraction of sp³-hybridized carbons (Fsp3) is 0.500. The second kappa shape index (κ2) is 6.00. The molecule has 0 saturated carbocycles. The quantitative estimate of drug-likeness (QED) is 0.628. The fourth-order valence-electron chi connectivity index (χ4n) is 1.51. The van der Waals surface area contributed by atoms with Crippen molar-refractivity contribution in [2.45, 2.75) is 37.9 Å². The van der Waals surface area contributed by atoms with Gasteiger partial charge in [0.05, 0.1) is 0 Å². The lowest BCUT2D eigenvalue weighted by Gasteiger charge is -2.14. The standard InChI is InChI=1S/C12H15F4N/c13-10-7-5-9(6-8-10)3-1-2-4-11(17)12(14,15)16/h5-8,11H,1-4,17H2. The summed E-state index contributed by atoms with van der Waals surface area (Å²) in [4.78, 5) is 0. The van der Waals surface area contributed by atoms with Gasteiger partial charge in [-0.3, -0.25) is 0 Å². The molecule has 0 aliphatic heterocycles. The molecule has 96 valence electrons. The summed E-state index contributed by atoms with van der Waals surface area (Å²) < 4.78 is 48.8. The molecule has 5 heteroatoms. The summed E-state index contributed by atoms with van der Waals surface area (Å²) >= 11 is 0. The van der Waals surface area contributed by atoms with Crippen molar-refractivity contribution in [1.82, 2.24) is 0 Å². The minimum Gasteiger partial charge on any atom is -0.320 e. The first-order valence-electron chi connectivity index (χ1n) is 5.46. The summed E-state index contributed by atoms with van der Waals surface area (Å²) in [6.07, 6.45) is -2.70. The molecule has 17 heavy (non-hydrogen) atoms. The van der Waals surface area contributed by atoms with Crippen LogP contribution in [-0.2, 0) is 6.42 Å². The van der Waals surface area contributed by atoms with Crippen LogP contribution in [0.4, 0.5) is 17.6 Å². The van der Waals surface area contributed by atoms with Crippen LogP contribution < -0.4 is 5.73 Å². The van der Waals surface area contributed by atoms with E-state index in [1.54, 1.807) is 12.1 Å². The SMILES string of the molecule is NC(CCCCc1ccc(F)cc1)C(F)(F)F. The maximum Gasteiger partial charge on any atom is 0.403 e.